The number of nitrogens with one attached hydrogen (secondary N) is 7. The van der Waals surface area contributed by atoms with Gasteiger partial charge in [0, 0.05) is 65.5 Å². The quantitative estimate of drug-likeness (QED) is 0.111. The molecule has 2 bridgehead atoms. The van der Waals surface area contributed by atoms with E-state index in [-0.39, 0.29) is 41.0 Å². The van der Waals surface area contributed by atoms with E-state index in [0.717, 1.165) is 30.8 Å². The first-order valence-corrected chi connectivity index (χ1v) is 27.1. The number of fused-ring (bicyclic) bond motifs is 5. The maximum Gasteiger partial charge on any atom is 0.246 e. The summed E-state index contributed by atoms with van der Waals surface area (Å²) in [6.07, 6.45) is -3.26. The number of aliphatic hydroxyl groups excluding tert-OH is 3. The van der Waals surface area contributed by atoms with Crippen LogP contribution < -0.4 is 42.4 Å². The van der Waals surface area contributed by atoms with E-state index >= 15 is 4.21 Å². The van der Waals surface area contributed by atoms with Crippen molar-refractivity contribution in [3.63, 3.8) is 0 Å². The van der Waals surface area contributed by atoms with Crippen LogP contribution in [0.1, 0.15) is 76.8 Å². The van der Waals surface area contributed by atoms with Gasteiger partial charge >= 0.3 is 0 Å². The topological polar surface area (TPSA) is 358 Å². The van der Waals surface area contributed by atoms with Crippen LogP contribution in [-0.4, -0.2) is 176 Å². The normalized spacial score (nSPS) is 28.2. The van der Waals surface area contributed by atoms with Crippen molar-refractivity contribution in [1.29, 1.82) is 0 Å². The smallest absolute Gasteiger partial charge is 0.246 e. The van der Waals surface area contributed by atoms with Gasteiger partial charge in [0.25, 0.3) is 0 Å². The van der Waals surface area contributed by atoms with Crippen molar-refractivity contribution in [2.24, 2.45) is 29.4 Å². The number of amides is 7. The summed E-state index contributed by atoms with van der Waals surface area (Å²) in [6, 6.07) is -3.37. The lowest BCUT2D eigenvalue weighted by Crippen LogP contribution is -2.60. The molecule has 25 heteroatoms. The lowest BCUT2D eigenvalue weighted by Gasteiger charge is -2.32. The maximum absolute atomic E-state index is 15.2. The molecule has 2 saturated heterocycles. The van der Waals surface area contributed by atoms with Gasteiger partial charge in [-0.3, -0.25) is 47.4 Å². The SMILES string of the molecule is CC[C@H](C)[C@@H]1CC(=O)CNC(=O)[C@H]2CC(=O)[C@H]([C@@H](C)[C@@H](O)CO)NC(=O)[C@@H]3C[C@@H](O)CN3C(=O)[C@H](CC(N)=O)NC(=O)[C@H](CS(=O)c3[nH]c4c(CSC5CCNCC5)c(OC)ccc4c3C2)NC(=O)CNC1=O. The number of carbonyl (C=O) groups is 9. The van der Waals surface area contributed by atoms with E-state index in [4.69, 9.17) is 10.5 Å². The van der Waals surface area contributed by atoms with Gasteiger partial charge in [-0.2, -0.15) is 11.8 Å². The predicted octanol–water partition coefficient (Wildman–Crippen LogP) is -2.45. The standard InChI is InChI=1S/C48H69N9O14S2/c1-5-23(2)30-14-26(59)17-51-43(65)25-12-31-29-6-7-38(71-4)32(21-72-28-8-10-50-11-9-28)42(29)56-47(31)73(70)22-34(53-40(64)18-52-44(30)66)45(67)54-33(16-39(49)63)48(69)57-19-27(60)15-35(57)46(68)55-41(36(61)13-25)24(3)37(62)20-58/h6-7,23-25,27-28,30,33-35,37,41,50,56,58,60,62H,5,8-22H2,1-4H3,(H2,49,63)(H,51,65)(H,52,66)(H,53,64)(H,54,67)(H,55,68)/t23-,24-,25+,27+,30-,33-,34-,35-,37-,41-,73?/m0/s1. The third-order valence-corrected chi connectivity index (χ3v) is 17.2. The maximum atomic E-state index is 15.2. The number of thioether (sulfide) groups is 1. The van der Waals surface area contributed by atoms with Gasteiger partial charge in [-0.05, 0) is 56.0 Å². The van der Waals surface area contributed by atoms with Crippen LogP contribution in [0.3, 0.4) is 0 Å². The molecular formula is C48H69N9O14S2. The number of carbonyl (C=O) groups excluding carboxylic acids is 9. The number of benzene rings is 1. The fourth-order valence-electron chi connectivity index (χ4n) is 9.87. The number of aromatic amines is 1. The van der Waals surface area contributed by atoms with Gasteiger partial charge in [0.15, 0.2) is 11.6 Å². The Hall–Kier alpha value is -5.47. The number of ketones is 2. The Morgan fingerprint density at radius 2 is 1.66 bits per heavy atom. The van der Waals surface area contributed by atoms with Crippen LogP contribution in [-0.2, 0) is 66.1 Å². The summed E-state index contributed by atoms with van der Waals surface area (Å²) < 4.78 is 21.0. The van der Waals surface area contributed by atoms with Crippen molar-refractivity contribution in [2.45, 2.75) is 125 Å². The minimum Gasteiger partial charge on any atom is -0.496 e. The Labute approximate surface area is 429 Å². The molecule has 0 spiro atoms. The van der Waals surface area contributed by atoms with Gasteiger partial charge in [-0.15, -0.1) is 0 Å². The number of Topliss-reactive ketones (excluding diaryl/α,β-unsaturated/α-hetero) is 2. The van der Waals surface area contributed by atoms with Gasteiger partial charge < -0.3 is 67.6 Å². The molecule has 5 heterocycles. The van der Waals surface area contributed by atoms with Crippen molar-refractivity contribution in [1.82, 2.24) is 41.8 Å². The first kappa shape index (κ1) is 56.8. The second-order valence-corrected chi connectivity index (χ2v) is 22.2. The summed E-state index contributed by atoms with van der Waals surface area (Å²) in [4.78, 5) is 131. The average molecular weight is 1060 g/mol. The number of nitrogens with zero attached hydrogens (tertiary/aromatic N) is 1. The number of aliphatic hydroxyl groups is 3. The number of H-pyrrole nitrogens is 1. The molecule has 402 valence electrons. The number of piperidine rings is 1. The Balaban J connectivity index is 1.58. The molecule has 2 aromatic rings. The minimum absolute atomic E-state index is 0.0238. The number of nitrogens with two attached hydrogens (primary N) is 1. The molecule has 11 atom stereocenters. The number of primary amides is 1. The molecule has 4 aliphatic rings. The number of methoxy groups -OCH3 is 1. The van der Waals surface area contributed by atoms with Gasteiger partial charge in [0.05, 0.1) is 73.5 Å². The first-order chi connectivity index (χ1) is 34.7. The van der Waals surface area contributed by atoms with E-state index in [0.29, 0.717) is 34.4 Å². The molecule has 2 fully saturated rings. The summed E-state index contributed by atoms with van der Waals surface area (Å²) in [5.74, 6) is -11.9. The summed E-state index contributed by atoms with van der Waals surface area (Å²) in [5.41, 5.74) is 6.97. The highest BCUT2D eigenvalue weighted by atomic mass is 32.2. The molecule has 6 rings (SSSR count). The molecule has 1 aromatic heterocycles. The molecule has 12 N–H and O–H groups in total. The van der Waals surface area contributed by atoms with Crippen LogP contribution in [0.4, 0.5) is 0 Å². The zero-order chi connectivity index (χ0) is 53.3. The number of hydrogen-bond acceptors (Lipinski definition) is 16. The van der Waals surface area contributed by atoms with E-state index in [9.17, 15) is 58.5 Å². The zero-order valence-electron chi connectivity index (χ0n) is 41.5. The van der Waals surface area contributed by atoms with E-state index in [1.54, 1.807) is 37.7 Å². The number of hydrogen-bond donors (Lipinski definition) is 11. The van der Waals surface area contributed by atoms with E-state index < -0.39 is 163 Å². The number of rotatable bonds is 11. The van der Waals surface area contributed by atoms with Crippen molar-refractivity contribution >= 4 is 86.4 Å². The number of ether oxygens (including phenoxy) is 1. The highest BCUT2D eigenvalue weighted by Gasteiger charge is 2.45. The fraction of sp³-hybridized carbons (Fsp3) is 0.646. The molecule has 23 nitrogen and oxygen atoms in total. The highest BCUT2D eigenvalue weighted by molar-refractivity contribution is 7.99. The Morgan fingerprint density at radius 3 is 2.33 bits per heavy atom. The van der Waals surface area contributed by atoms with Crippen LogP contribution in [0, 0.1) is 23.7 Å². The Morgan fingerprint density at radius 1 is 0.945 bits per heavy atom. The second kappa shape index (κ2) is 25.7. The lowest BCUT2D eigenvalue weighted by molar-refractivity contribution is -0.144. The van der Waals surface area contributed by atoms with Crippen molar-refractivity contribution < 1.29 is 67.4 Å². The van der Waals surface area contributed by atoms with Crippen LogP contribution in [0.25, 0.3) is 10.9 Å². The van der Waals surface area contributed by atoms with Crippen LogP contribution >= 0.6 is 11.8 Å². The van der Waals surface area contributed by atoms with Gasteiger partial charge in [-0.1, -0.05) is 27.2 Å². The average Bonchev–Trinajstić information content (AvgIpc) is 3.95. The highest BCUT2D eigenvalue weighted by Crippen LogP contribution is 2.38. The molecule has 0 saturated carbocycles. The molecule has 73 heavy (non-hydrogen) atoms. The molecule has 4 aliphatic heterocycles. The van der Waals surface area contributed by atoms with E-state index in [1.165, 1.54) is 14.0 Å². The van der Waals surface area contributed by atoms with Crippen LogP contribution in [0.5, 0.6) is 5.75 Å². The van der Waals surface area contributed by atoms with Crippen molar-refractivity contribution in [2.75, 3.05) is 52.2 Å². The minimum atomic E-state index is -2.34. The summed E-state index contributed by atoms with van der Waals surface area (Å²) in [6.45, 7) is 3.96. The summed E-state index contributed by atoms with van der Waals surface area (Å²) in [7, 11) is -0.841. The molecule has 1 aromatic carbocycles. The molecule has 0 radical (unpaired) electrons. The van der Waals surface area contributed by atoms with Gasteiger partial charge in [0.1, 0.15) is 28.9 Å². The molecule has 1 unspecified atom stereocenters. The molecular weight excluding hydrogens is 991 g/mol. The summed E-state index contributed by atoms with van der Waals surface area (Å²) in [5, 5.41) is 48.6. The zero-order valence-corrected chi connectivity index (χ0v) is 43.1. The predicted molar refractivity (Wildman–Crippen MR) is 267 cm³/mol. The van der Waals surface area contributed by atoms with E-state index in [1.807, 2.05) is 0 Å². The second-order valence-electron chi connectivity index (χ2n) is 19.5. The van der Waals surface area contributed by atoms with Gasteiger partial charge in [-0.25, -0.2) is 0 Å². The summed E-state index contributed by atoms with van der Waals surface area (Å²) >= 11 is 1.69. The number of aromatic nitrogens is 1. The molecule has 7 amide bonds. The fourth-order valence-corrected chi connectivity index (χ4v) is 12.5. The van der Waals surface area contributed by atoms with E-state index in [2.05, 4.69) is 36.9 Å². The first-order valence-electron chi connectivity index (χ1n) is 24.7. The van der Waals surface area contributed by atoms with Gasteiger partial charge in [0.2, 0.25) is 41.4 Å². The monoisotopic (exact) mass is 1060 g/mol. The third kappa shape index (κ3) is 14.0. The van der Waals surface area contributed by atoms with Crippen LogP contribution in [0.15, 0.2) is 17.2 Å². The Kier molecular flexibility index (Phi) is 20.0. The molecule has 0 aliphatic carbocycles. The van der Waals surface area contributed by atoms with Crippen LogP contribution in [0.2, 0.25) is 0 Å². The lowest BCUT2D eigenvalue weighted by atomic mass is 9.85. The largest absolute Gasteiger partial charge is 0.496 e. The van der Waals surface area contributed by atoms with Crippen molar-refractivity contribution in [3.8, 4) is 5.75 Å². The Bertz CT molecular complexity index is 2450. The third-order valence-electron chi connectivity index (χ3n) is 14.4. The van der Waals surface area contributed by atoms with Crippen molar-refractivity contribution in [3.05, 3.63) is 23.3 Å².